The van der Waals surface area contributed by atoms with Crippen molar-refractivity contribution < 1.29 is 9.59 Å². The molecule has 1 fully saturated rings. The van der Waals surface area contributed by atoms with Crippen LogP contribution in [0.2, 0.25) is 0 Å². The van der Waals surface area contributed by atoms with E-state index in [4.69, 9.17) is 11.6 Å². The quantitative estimate of drug-likeness (QED) is 0.756. The Hall–Kier alpha value is -0.770. The van der Waals surface area contributed by atoms with Gasteiger partial charge in [0.15, 0.2) is 0 Å². The fraction of sp³-hybridized carbons (Fsp3) is 0.818. The summed E-state index contributed by atoms with van der Waals surface area (Å²) in [7, 11) is 0. The standard InChI is InChI=1S/C11H19ClN2O2/c1-2-3-10(15)13-9-4-6-14(7-5-9)11(16)8-12/h9H,2-8H2,1H3,(H,13,15). The second kappa shape index (κ2) is 6.74. The summed E-state index contributed by atoms with van der Waals surface area (Å²) in [4.78, 5) is 24.4. The average molecular weight is 247 g/mol. The van der Waals surface area contributed by atoms with Crippen LogP contribution in [0.15, 0.2) is 0 Å². The lowest BCUT2D eigenvalue weighted by Crippen LogP contribution is -2.46. The van der Waals surface area contributed by atoms with Gasteiger partial charge in [0, 0.05) is 25.6 Å². The van der Waals surface area contributed by atoms with E-state index in [1.165, 1.54) is 0 Å². The summed E-state index contributed by atoms with van der Waals surface area (Å²) in [6, 6.07) is 0.221. The van der Waals surface area contributed by atoms with E-state index in [1.54, 1.807) is 4.90 Å². The third-order valence-electron chi connectivity index (χ3n) is 2.80. The maximum absolute atomic E-state index is 11.4. The number of likely N-dealkylation sites (tertiary alicyclic amines) is 1. The van der Waals surface area contributed by atoms with Crippen LogP contribution in [0.5, 0.6) is 0 Å². The minimum Gasteiger partial charge on any atom is -0.353 e. The number of hydrogen-bond donors (Lipinski definition) is 1. The van der Waals surface area contributed by atoms with Gasteiger partial charge in [-0.25, -0.2) is 0 Å². The van der Waals surface area contributed by atoms with E-state index in [-0.39, 0.29) is 23.7 Å². The highest BCUT2D eigenvalue weighted by atomic mass is 35.5. The molecule has 5 heteroatoms. The fourth-order valence-electron chi connectivity index (χ4n) is 1.88. The highest BCUT2D eigenvalue weighted by Gasteiger charge is 2.22. The zero-order chi connectivity index (χ0) is 12.0. The van der Waals surface area contributed by atoms with Gasteiger partial charge in [0.2, 0.25) is 11.8 Å². The van der Waals surface area contributed by atoms with Crippen LogP contribution >= 0.6 is 11.6 Å². The van der Waals surface area contributed by atoms with Crippen molar-refractivity contribution in [1.82, 2.24) is 10.2 Å². The van der Waals surface area contributed by atoms with Crippen LogP contribution in [0, 0.1) is 0 Å². The Kier molecular flexibility index (Phi) is 5.60. The largest absolute Gasteiger partial charge is 0.353 e. The van der Waals surface area contributed by atoms with Crippen LogP contribution in [-0.4, -0.2) is 41.7 Å². The van der Waals surface area contributed by atoms with Gasteiger partial charge in [-0.15, -0.1) is 11.6 Å². The van der Waals surface area contributed by atoms with Crippen molar-refractivity contribution in [3.8, 4) is 0 Å². The van der Waals surface area contributed by atoms with Crippen molar-refractivity contribution >= 4 is 23.4 Å². The van der Waals surface area contributed by atoms with E-state index < -0.39 is 0 Å². The van der Waals surface area contributed by atoms with Gasteiger partial charge in [0.05, 0.1) is 0 Å². The molecule has 0 saturated carbocycles. The Balaban J connectivity index is 2.26. The smallest absolute Gasteiger partial charge is 0.237 e. The van der Waals surface area contributed by atoms with E-state index in [1.807, 2.05) is 6.92 Å². The number of carbonyl (C=O) groups is 2. The van der Waals surface area contributed by atoms with Crippen molar-refractivity contribution in [3.05, 3.63) is 0 Å². The summed E-state index contributed by atoms with van der Waals surface area (Å²) < 4.78 is 0. The van der Waals surface area contributed by atoms with Crippen molar-refractivity contribution in [2.45, 2.75) is 38.6 Å². The molecule has 16 heavy (non-hydrogen) atoms. The molecule has 0 spiro atoms. The fourth-order valence-corrected chi connectivity index (χ4v) is 2.05. The molecule has 0 aromatic carbocycles. The lowest BCUT2D eigenvalue weighted by molar-refractivity contribution is -0.129. The highest BCUT2D eigenvalue weighted by Crippen LogP contribution is 2.11. The normalized spacial score (nSPS) is 17.2. The molecular weight excluding hydrogens is 228 g/mol. The third-order valence-corrected chi connectivity index (χ3v) is 3.03. The molecule has 0 aliphatic carbocycles. The first kappa shape index (κ1) is 13.3. The third kappa shape index (κ3) is 4.00. The summed E-state index contributed by atoms with van der Waals surface area (Å²) in [5.74, 6) is 0.150. The van der Waals surface area contributed by atoms with Crippen molar-refractivity contribution in [3.63, 3.8) is 0 Å². The monoisotopic (exact) mass is 246 g/mol. The molecule has 1 heterocycles. The number of carbonyl (C=O) groups excluding carboxylic acids is 2. The van der Waals surface area contributed by atoms with Gasteiger partial charge < -0.3 is 10.2 Å². The maximum Gasteiger partial charge on any atom is 0.237 e. The summed E-state index contributed by atoms with van der Waals surface area (Å²) in [5, 5.41) is 2.99. The molecule has 0 aromatic rings. The Bertz CT molecular complexity index is 250. The van der Waals surface area contributed by atoms with Crippen LogP contribution in [0.1, 0.15) is 32.6 Å². The van der Waals surface area contributed by atoms with E-state index in [0.29, 0.717) is 19.5 Å². The van der Waals surface area contributed by atoms with Crippen LogP contribution < -0.4 is 5.32 Å². The zero-order valence-corrected chi connectivity index (χ0v) is 10.4. The molecule has 4 nitrogen and oxygen atoms in total. The number of alkyl halides is 1. The Labute approximate surface area is 101 Å². The first-order valence-electron chi connectivity index (χ1n) is 5.80. The van der Waals surface area contributed by atoms with Gasteiger partial charge in [-0.1, -0.05) is 6.92 Å². The van der Waals surface area contributed by atoms with Gasteiger partial charge in [0.25, 0.3) is 0 Å². The van der Waals surface area contributed by atoms with Gasteiger partial charge in [-0.2, -0.15) is 0 Å². The van der Waals surface area contributed by atoms with Crippen molar-refractivity contribution in [2.75, 3.05) is 19.0 Å². The van der Waals surface area contributed by atoms with Gasteiger partial charge in [-0.05, 0) is 19.3 Å². The molecule has 0 aromatic heterocycles. The Morgan fingerprint density at radius 1 is 1.38 bits per heavy atom. The molecule has 1 rings (SSSR count). The molecular formula is C11H19ClN2O2. The molecule has 0 bridgehead atoms. The van der Waals surface area contributed by atoms with Crippen LogP contribution in [0.25, 0.3) is 0 Å². The second-order valence-corrected chi connectivity index (χ2v) is 4.37. The number of halogens is 1. The first-order valence-corrected chi connectivity index (χ1v) is 6.34. The molecule has 0 atom stereocenters. The van der Waals surface area contributed by atoms with Crippen LogP contribution in [0.4, 0.5) is 0 Å². The molecule has 2 amide bonds. The minimum atomic E-state index is -0.0139. The minimum absolute atomic E-state index is 0.0139. The van der Waals surface area contributed by atoms with E-state index in [9.17, 15) is 9.59 Å². The number of rotatable bonds is 4. The predicted molar refractivity (Wildman–Crippen MR) is 63.4 cm³/mol. The lowest BCUT2D eigenvalue weighted by Gasteiger charge is -2.32. The first-order chi connectivity index (χ1) is 7.67. The second-order valence-electron chi connectivity index (χ2n) is 4.11. The van der Waals surface area contributed by atoms with Crippen molar-refractivity contribution in [2.24, 2.45) is 0 Å². The zero-order valence-electron chi connectivity index (χ0n) is 9.67. The van der Waals surface area contributed by atoms with Crippen LogP contribution in [-0.2, 0) is 9.59 Å². The number of piperidine rings is 1. The lowest BCUT2D eigenvalue weighted by atomic mass is 10.0. The maximum atomic E-state index is 11.4. The molecule has 1 aliphatic rings. The SMILES string of the molecule is CCCC(=O)NC1CCN(C(=O)CCl)CC1. The van der Waals surface area contributed by atoms with Crippen molar-refractivity contribution in [1.29, 1.82) is 0 Å². The topological polar surface area (TPSA) is 49.4 Å². The molecule has 0 unspecified atom stereocenters. The van der Waals surface area contributed by atoms with E-state index in [2.05, 4.69) is 5.32 Å². The number of nitrogens with zero attached hydrogens (tertiary/aromatic N) is 1. The summed E-state index contributed by atoms with van der Waals surface area (Å²) >= 11 is 5.49. The molecule has 0 radical (unpaired) electrons. The van der Waals surface area contributed by atoms with Crippen LogP contribution in [0.3, 0.4) is 0 Å². The Morgan fingerprint density at radius 2 is 2.00 bits per heavy atom. The number of hydrogen-bond acceptors (Lipinski definition) is 2. The summed E-state index contributed by atoms with van der Waals surface area (Å²) in [6.07, 6.45) is 3.12. The number of nitrogens with one attached hydrogen (secondary N) is 1. The number of amides is 2. The predicted octanol–water partition coefficient (Wildman–Crippen LogP) is 1.13. The van der Waals surface area contributed by atoms with Gasteiger partial charge in [-0.3, -0.25) is 9.59 Å². The Morgan fingerprint density at radius 3 is 2.50 bits per heavy atom. The van der Waals surface area contributed by atoms with E-state index >= 15 is 0 Å². The van der Waals surface area contributed by atoms with Gasteiger partial charge in [0.1, 0.15) is 5.88 Å². The highest BCUT2D eigenvalue weighted by molar-refractivity contribution is 6.27. The molecule has 1 aliphatic heterocycles. The summed E-state index contributed by atoms with van der Waals surface area (Å²) in [6.45, 7) is 3.38. The molecule has 1 N–H and O–H groups in total. The average Bonchev–Trinajstić information content (AvgIpc) is 2.29. The van der Waals surface area contributed by atoms with Gasteiger partial charge >= 0.3 is 0 Å². The molecule has 1 saturated heterocycles. The van der Waals surface area contributed by atoms with E-state index in [0.717, 1.165) is 19.3 Å². The molecule has 92 valence electrons. The summed E-state index contributed by atoms with van der Waals surface area (Å²) in [5.41, 5.74) is 0.